The van der Waals surface area contributed by atoms with Crippen molar-refractivity contribution in [1.82, 2.24) is 0 Å². The molecule has 0 aliphatic carbocycles. The van der Waals surface area contributed by atoms with Crippen molar-refractivity contribution < 1.29 is 31.9 Å². The SMILES string of the molecule is [ClH2+].[Rh].c1ccc(P(c2ccccc2)c2ccccc2)cc1.c1ccc(P(c2ccccc2)c2ccccc2)cc1.c1ccc(P(c2ccccc2)c2ccccc2)cc1. The molecule has 0 atom stereocenters. The van der Waals surface area contributed by atoms with E-state index >= 15 is 0 Å². The monoisotopic (exact) mass is 926 g/mol. The van der Waals surface area contributed by atoms with E-state index in [4.69, 9.17) is 0 Å². The van der Waals surface area contributed by atoms with Gasteiger partial charge < -0.3 is 0 Å². The molecule has 9 aromatic rings. The van der Waals surface area contributed by atoms with Gasteiger partial charge in [-0.25, -0.2) is 0 Å². The molecule has 0 unspecified atom stereocenters. The Bertz CT molecular complexity index is 1870. The molecule has 0 aromatic heterocycles. The summed E-state index contributed by atoms with van der Waals surface area (Å²) in [6.45, 7) is 0. The van der Waals surface area contributed by atoms with Crippen LogP contribution in [0.2, 0.25) is 0 Å². The van der Waals surface area contributed by atoms with Crippen LogP contribution in [-0.2, 0) is 19.5 Å². The molecule has 9 aromatic carbocycles. The quantitative estimate of drug-likeness (QED) is 0.100. The fraction of sp³-hybridized carbons (Fsp3) is 0. The summed E-state index contributed by atoms with van der Waals surface area (Å²) in [4.78, 5) is 0. The maximum atomic E-state index is 2.23. The van der Waals surface area contributed by atoms with E-state index in [1.54, 1.807) is 0 Å². The molecule has 9 rings (SSSR count). The largest absolute Gasteiger partial charge is 0.0903 e. The van der Waals surface area contributed by atoms with Crippen LogP contribution in [0.15, 0.2) is 273 Å². The van der Waals surface area contributed by atoms with Gasteiger partial charge in [0.2, 0.25) is 0 Å². The summed E-state index contributed by atoms with van der Waals surface area (Å²) < 4.78 is 0. The minimum absolute atomic E-state index is 0. The minimum atomic E-state index is -0.446. The molecular formula is C54H47ClP3Rh+. The van der Waals surface area contributed by atoms with Gasteiger partial charge in [-0.3, -0.25) is 0 Å². The third-order valence-corrected chi connectivity index (χ3v) is 16.5. The first-order valence-corrected chi connectivity index (χ1v) is 23.2. The molecule has 293 valence electrons. The first-order valence-electron chi connectivity index (χ1n) is 19.2. The summed E-state index contributed by atoms with van der Waals surface area (Å²) >= 11 is 0. The number of hydrogen-bond donors (Lipinski definition) is 0. The Kier molecular flexibility index (Phi) is 19.1. The molecule has 1 radical (unpaired) electrons. The Morgan fingerprint density at radius 1 is 0.153 bits per heavy atom. The Morgan fingerprint density at radius 2 is 0.237 bits per heavy atom. The summed E-state index contributed by atoms with van der Waals surface area (Å²) in [5.74, 6) is 0. The summed E-state index contributed by atoms with van der Waals surface area (Å²) in [6, 6.07) is 97.0. The Hall–Kier alpha value is -4.82. The molecule has 0 aliphatic rings. The van der Waals surface area contributed by atoms with Gasteiger partial charge >= 0.3 is 0 Å². The van der Waals surface area contributed by atoms with Crippen LogP contribution < -0.4 is 47.7 Å². The molecule has 0 saturated carbocycles. The van der Waals surface area contributed by atoms with Gasteiger partial charge in [0, 0.05) is 19.5 Å². The number of benzene rings is 9. The summed E-state index contributed by atoms with van der Waals surface area (Å²) in [5, 5.41) is 12.6. The molecule has 0 N–H and O–H groups in total. The third kappa shape index (κ3) is 13.1. The molecule has 0 fully saturated rings. The van der Waals surface area contributed by atoms with Crippen LogP contribution in [0.4, 0.5) is 0 Å². The summed E-state index contributed by atoms with van der Waals surface area (Å²) in [5.41, 5.74) is 0. The molecule has 0 aliphatic heterocycles. The van der Waals surface area contributed by atoms with Crippen molar-refractivity contribution in [2.75, 3.05) is 0 Å². The van der Waals surface area contributed by atoms with Crippen LogP contribution in [0.1, 0.15) is 0 Å². The second-order valence-electron chi connectivity index (χ2n) is 13.0. The van der Waals surface area contributed by atoms with Crippen molar-refractivity contribution in [1.29, 1.82) is 0 Å². The molecular weight excluding hydrogens is 880 g/mol. The zero-order valence-corrected chi connectivity index (χ0v) is 37.8. The third-order valence-electron chi connectivity index (χ3n) is 9.13. The van der Waals surface area contributed by atoms with E-state index in [2.05, 4.69) is 273 Å². The van der Waals surface area contributed by atoms with Crippen LogP contribution in [-0.4, -0.2) is 0 Å². The van der Waals surface area contributed by atoms with Crippen molar-refractivity contribution in [3.63, 3.8) is 0 Å². The van der Waals surface area contributed by atoms with Gasteiger partial charge in [0.1, 0.15) is 0 Å². The maximum Gasteiger partial charge on any atom is 0.0903 e. The van der Waals surface area contributed by atoms with Gasteiger partial charge in [0.15, 0.2) is 0 Å². The molecule has 0 saturated heterocycles. The van der Waals surface area contributed by atoms with Gasteiger partial charge in [-0.1, -0.05) is 273 Å². The smallest absolute Gasteiger partial charge is 0.0622 e. The molecule has 0 bridgehead atoms. The predicted molar refractivity (Wildman–Crippen MR) is 258 cm³/mol. The van der Waals surface area contributed by atoms with E-state index in [-0.39, 0.29) is 31.9 Å². The van der Waals surface area contributed by atoms with E-state index < -0.39 is 23.8 Å². The Balaban J connectivity index is 0.000000165. The van der Waals surface area contributed by atoms with Crippen molar-refractivity contribution in [3.05, 3.63) is 273 Å². The molecule has 5 heteroatoms. The fourth-order valence-electron chi connectivity index (χ4n) is 6.54. The number of hydrogen-bond acceptors (Lipinski definition) is 0. The van der Waals surface area contributed by atoms with Crippen LogP contribution >= 0.6 is 23.8 Å². The molecule has 0 heterocycles. The number of rotatable bonds is 9. The molecule has 0 nitrogen and oxygen atoms in total. The molecule has 0 amide bonds. The van der Waals surface area contributed by atoms with Crippen LogP contribution in [0, 0.1) is 12.4 Å². The van der Waals surface area contributed by atoms with Crippen molar-refractivity contribution in [3.8, 4) is 0 Å². The first-order chi connectivity index (χ1) is 28.3. The zero-order chi connectivity index (χ0) is 38.7. The van der Waals surface area contributed by atoms with Crippen LogP contribution in [0.25, 0.3) is 0 Å². The maximum absolute atomic E-state index is 2.23. The van der Waals surface area contributed by atoms with Crippen molar-refractivity contribution >= 4 is 71.5 Å². The predicted octanol–water partition coefficient (Wildman–Crippen LogP) is 9.80. The second-order valence-corrected chi connectivity index (χ2v) is 19.7. The Labute approximate surface area is 373 Å². The molecule has 59 heavy (non-hydrogen) atoms. The van der Waals surface area contributed by atoms with Gasteiger partial charge in [-0.2, -0.15) is 0 Å². The Morgan fingerprint density at radius 3 is 0.322 bits per heavy atom. The van der Waals surface area contributed by atoms with E-state index in [0.29, 0.717) is 0 Å². The van der Waals surface area contributed by atoms with Crippen molar-refractivity contribution in [2.24, 2.45) is 0 Å². The average Bonchev–Trinajstić information content (AvgIpc) is 3.30. The average molecular weight is 927 g/mol. The summed E-state index contributed by atoms with van der Waals surface area (Å²) in [6.07, 6.45) is 0. The first kappa shape index (κ1) is 45.3. The van der Waals surface area contributed by atoms with Gasteiger partial charge in [-0.15, -0.1) is 0 Å². The molecule has 0 spiro atoms. The van der Waals surface area contributed by atoms with Crippen LogP contribution in [0.5, 0.6) is 0 Å². The normalized spacial score (nSPS) is 10.2. The fourth-order valence-corrected chi connectivity index (χ4v) is 13.5. The van der Waals surface area contributed by atoms with E-state index in [0.717, 1.165) is 0 Å². The van der Waals surface area contributed by atoms with Gasteiger partial charge in [0.05, 0.1) is 12.4 Å². The van der Waals surface area contributed by atoms with E-state index in [9.17, 15) is 0 Å². The van der Waals surface area contributed by atoms with E-state index in [1.165, 1.54) is 47.7 Å². The van der Waals surface area contributed by atoms with Gasteiger partial charge in [-0.05, 0) is 71.5 Å². The minimum Gasteiger partial charge on any atom is -0.0622 e. The number of halogens is 1. The van der Waals surface area contributed by atoms with Gasteiger partial charge in [0.25, 0.3) is 0 Å². The topological polar surface area (TPSA) is 0 Å². The summed E-state index contributed by atoms with van der Waals surface area (Å²) in [7, 11) is -1.34. The van der Waals surface area contributed by atoms with Crippen molar-refractivity contribution in [2.45, 2.75) is 0 Å². The van der Waals surface area contributed by atoms with E-state index in [1.807, 2.05) is 0 Å². The standard InChI is InChI=1S/3C18H15P.ClH2.Rh/c3*1-4-10-16(11-5-1)19(17-12-6-2-7-13-17)18-14-8-3-9-15-18;;/h3*1-15H;1H2;/q;;;+1;. The second kappa shape index (κ2) is 25.0. The zero-order valence-electron chi connectivity index (χ0n) is 32.6. The van der Waals surface area contributed by atoms with Crippen LogP contribution in [0.3, 0.4) is 0 Å².